The minimum absolute atomic E-state index is 0.171. The number of rotatable bonds is 6. The van der Waals surface area contributed by atoms with Crippen molar-refractivity contribution < 1.29 is 9.59 Å². The molecule has 2 amide bonds. The summed E-state index contributed by atoms with van der Waals surface area (Å²) in [6.45, 7) is 0. The molecule has 188 valence electrons. The van der Waals surface area contributed by atoms with E-state index in [0.29, 0.717) is 11.3 Å². The molecular formula is C31H22N6O2. The van der Waals surface area contributed by atoms with E-state index in [1.807, 2.05) is 108 Å². The highest BCUT2D eigenvalue weighted by Crippen LogP contribution is 2.30. The Balaban J connectivity index is 1.13. The molecule has 8 heteroatoms. The van der Waals surface area contributed by atoms with E-state index in [1.54, 1.807) is 11.2 Å². The monoisotopic (exact) mass is 510 g/mol. The number of nitrogens with zero attached hydrogens (tertiary/aromatic N) is 3. The number of anilines is 3. The third kappa shape index (κ3) is 4.00. The molecule has 0 unspecified atom stereocenters. The highest BCUT2D eigenvalue weighted by Gasteiger charge is 2.13. The van der Waals surface area contributed by atoms with Crippen LogP contribution in [0.15, 0.2) is 110 Å². The van der Waals surface area contributed by atoms with Crippen molar-refractivity contribution in [1.82, 2.24) is 19.5 Å². The number of nitrogens with one attached hydrogen (secondary N) is 3. The van der Waals surface area contributed by atoms with Gasteiger partial charge in [-0.1, -0.05) is 12.1 Å². The molecule has 3 N–H and O–H groups in total. The third-order valence-electron chi connectivity index (χ3n) is 6.95. The second-order valence-corrected chi connectivity index (χ2v) is 9.29. The maximum Gasteiger partial charge on any atom is 0.255 e. The van der Waals surface area contributed by atoms with E-state index in [9.17, 15) is 9.59 Å². The predicted molar refractivity (Wildman–Crippen MR) is 154 cm³/mol. The molecule has 0 saturated heterocycles. The third-order valence-corrected chi connectivity index (χ3v) is 6.95. The number of hydrogen-bond acceptors (Lipinski definition) is 3. The van der Waals surface area contributed by atoms with Gasteiger partial charge in [0.2, 0.25) is 6.41 Å². The summed E-state index contributed by atoms with van der Waals surface area (Å²) in [4.78, 5) is 37.3. The largest absolute Gasteiger partial charge is 0.361 e. The van der Waals surface area contributed by atoms with Crippen molar-refractivity contribution in [2.24, 2.45) is 0 Å². The Kier molecular flexibility index (Phi) is 5.23. The molecule has 0 bridgehead atoms. The van der Waals surface area contributed by atoms with E-state index in [4.69, 9.17) is 0 Å². The Labute approximate surface area is 222 Å². The number of H-pyrrole nitrogens is 2. The average molecular weight is 511 g/mol. The summed E-state index contributed by atoms with van der Waals surface area (Å²) in [5, 5.41) is 5.11. The van der Waals surface area contributed by atoms with Crippen LogP contribution in [0.1, 0.15) is 10.4 Å². The van der Waals surface area contributed by atoms with Crippen LogP contribution in [0, 0.1) is 0 Å². The van der Waals surface area contributed by atoms with Gasteiger partial charge < -0.3 is 15.3 Å². The zero-order chi connectivity index (χ0) is 26.3. The summed E-state index contributed by atoms with van der Waals surface area (Å²) in [6.07, 6.45) is 6.30. The minimum atomic E-state index is -0.171. The number of fused-ring (bicyclic) bond motifs is 3. The molecule has 0 spiro atoms. The number of carbonyl (C=O) groups excluding carboxylic acids is 2. The lowest BCUT2D eigenvalue weighted by atomic mass is 10.1. The summed E-state index contributed by atoms with van der Waals surface area (Å²) in [7, 11) is 0. The normalized spacial score (nSPS) is 11.3. The Morgan fingerprint density at radius 1 is 0.795 bits per heavy atom. The van der Waals surface area contributed by atoms with Gasteiger partial charge in [-0.2, -0.15) is 0 Å². The van der Waals surface area contributed by atoms with Crippen molar-refractivity contribution in [2.45, 2.75) is 0 Å². The van der Waals surface area contributed by atoms with Crippen LogP contribution in [0.5, 0.6) is 0 Å². The van der Waals surface area contributed by atoms with Crippen LogP contribution < -0.4 is 10.2 Å². The SMILES string of the molecule is O=CN(c1ccc2c(c1)ncn2-c1ccc(NC(=O)c2ccc3cc[nH]c3c2)cc1)c1ccc2cc[nH]c2c1. The number of carbonyl (C=O) groups is 2. The highest BCUT2D eigenvalue weighted by atomic mass is 16.1. The van der Waals surface area contributed by atoms with Crippen LogP contribution in [0.4, 0.5) is 17.1 Å². The lowest BCUT2D eigenvalue weighted by molar-refractivity contribution is -0.106. The summed E-state index contributed by atoms with van der Waals surface area (Å²) in [5.74, 6) is -0.171. The van der Waals surface area contributed by atoms with Crippen LogP contribution >= 0.6 is 0 Å². The summed E-state index contributed by atoms with van der Waals surface area (Å²) < 4.78 is 1.97. The molecular weight excluding hydrogens is 488 g/mol. The van der Waals surface area contributed by atoms with Gasteiger partial charge in [-0.3, -0.25) is 19.1 Å². The summed E-state index contributed by atoms with van der Waals surface area (Å²) >= 11 is 0. The maximum atomic E-state index is 12.8. The fourth-order valence-electron chi connectivity index (χ4n) is 4.91. The van der Waals surface area contributed by atoms with E-state index in [0.717, 1.165) is 56.3 Å². The number of aromatic amines is 2. The summed E-state index contributed by atoms with van der Waals surface area (Å²) in [5.41, 5.74) is 7.23. The first-order valence-electron chi connectivity index (χ1n) is 12.4. The summed E-state index contributed by atoms with van der Waals surface area (Å²) in [6, 6.07) is 28.8. The molecule has 0 atom stereocenters. The van der Waals surface area contributed by atoms with Gasteiger partial charge in [-0.25, -0.2) is 4.98 Å². The second-order valence-electron chi connectivity index (χ2n) is 9.29. The second kappa shape index (κ2) is 9.04. The highest BCUT2D eigenvalue weighted by molar-refractivity contribution is 6.06. The van der Waals surface area contributed by atoms with Crippen molar-refractivity contribution in [1.29, 1.82) is 0 Å². The Morgan fingerprint density at radius 3 is 2.26 bits per heavy atom. The van der Waals surface area contributed by atoms with E-state index in [-0.39, 0.29) is 5.91 Å². The molecule has 39 heavy (non-hydrogen) atoms. The number of benzene rings is 4. The number of hydrogen-bond donors (Lipinski definition) is 3. The first-order chi connectivity index (χ1) is 19.2. The van der Waals surface area contributed by atoms with Crippen molar-refractivity contribution in [2.75, 3.05) is 10.2 Å². The van der Waals surface area contributed by atoms with E-state index >= 15 is 0 Å². The number of aromatic nitrogens is 4. The van der Waals surface area contributed by atoms with Crippen LogP contribution in [0.25, 0.3) is 38.5 Å². The Bertz CT molecular complexity index is 2000. The lowest BCUT2D eigenvalue weighted by Gasteiger charge is -2.18. The first kappa shape index (κ1) is 22.6. The van der Waals surface area contributed by atoms with Gasteiger partial charge in [0.25, 0.3) is 5.91 Å². The molecule has 7 aromatic rings. The van der Waals surface area contributed by atoms with Gasteiger partial charge >= 0.3 is 0 Å². The Hall–Kier alpha value is -5.63. The fraction of sp³-hybridized carbons (Fsp3) is 0. The molecule has 7 rings (SSSR count). The quantitative estimate of drug-likeness (QED) is 0.222. The van der Waals surface area contributed by atoms with E-state index in [1.165, 1.54) is 0 Å². The Morgan fingerprint density at radius 2 is 1.49 bits per heavy atom. The zero-order valence-electron chi connectivity index (χ0n) is 20.6. The molecule has 0 fully saturated rings. The maximum absolute atomic E-state index is 12.8. The average Bonchev–Trinajstić information content (AvgIpc) is 3.72. The standard InChI is InChI=1S/C31H22N6O2/c38-19-37(25-6-3-21-12-14-33-28(21)16-25)26-9-10-30-29(17-26)34-18-36(30)24-7-4-23(5-8-24)35-31(39)22-2-1-20-11-13-32-27(20)15-22/h1-19,32-33H,(H,35,39). The zero-order valence-corrected chi connectivity index (χ0v) is 20.6. The molecule has 8 nitrogen and oxygen atoms in total. The van der Waals surface area contributed by atoms with Crippen LogP contribution in [0.2, 0.25) is 0 Å². The van der Waals surface area contributed by atoms with Gasteiger partial charge in [-0.15, -0.1) is 0 Å². The molecule has 4 aromatic carbocycles. The molecule has 0 radical (unpaired) electrons. The van der Waals surface area contributed by atoms with Crippen LogP contribution in [-0.4, -0.2) is 31.8 Å². The molecule has 0 aliphatic heterocycles. The smallest absolute Gasteiger partial charge is 0.255 e. The number of imidazole rings is 1. The van der Waals surface area contributed by atoms with Crippen molar-refractivity contribution in [3.63, 3.8) is 0 Å². The van der Waals surface area contributed by atoms with Crippen LogP contribution in [0.3, 0.4) is 0 Å². The van der Waals surface area contributed by atoms with Crippen molar-refractivity contribution in [3.05, 3.63) is 115 Å². The minimum Gasteiger partial charge on any atom is -0.361 e. The van der Waals surface area contributed by atoms with Crippen molar-refractivity contribution >= 4 is 62.2 Å². The van der Waals surface area contributed by atoms with Crippen molar-refractivity contribution in [3.8, 4) is 5.69 Å². The topological polar surface area (TPSA) is 98.8 Å². The number of amides is 2. The van der Waals surface area contributed by atoms with E-state index in [2.05, 4.69) is 20.3 Å². The fourth-order valence-corrected chi connectivity index (χ4v) is 4.91. The molecule has 3 heterocycles. The van der Waals surface area contributed by atoms with E-state index < -0.39 is 0 Å². The van der Waals surface area contributed by atoms with Gasteiger partial charge in [0.15, 0.2) is 0 Å². The predicted octanol–water partition coefficient (Wildman–Crippen LogP) is 6.53. The molecule has 0 saturated carbocycles. The molecule has 3 aromatic heterocycles. The van der Waals surface area contributed by atoms with Crippen LogP contribution in [-0.2, 0) is 4.79 Å². The molecule has 0 aliphatic rings. The van der Waals surface area contributed by atoms with Gasteiger partial charge in [0, 0.05) is 40.4 Å². The van der Waals surface area contributed by atoms with Gasteiger partial charge in [0.05, 0.1) is 22.4 Å². The van der Waals surface area contributed by atoms with Gasteiger partial charge in [0.1, 0.15) is 6.33 Å². The van der Waals surface area contributed by atoms with Gasteiger partial charge in [-0.05, 0) is 89.6 Å². The molecule has 0 aliphatic carbocycles. The first-order valence-corrected chi connectivity index (χ1v) is 12.4. The lowest BCUT2D eigenvalue weighted by Crippen LogP contribution is -2.13.